The molecule has 1 aliphatic rings. The van der Waals surface area contributed by atoms with E-state index in [1.807, 2.05) is 19.1 Å². The van der Waals surface area contributed by atoms with Crippen LogP contribution >= 0.6 is 0 Å². The molecule has 1 aliphatic carbocycles. The van der Waals surface area contributed by atoms with E-state index in [2.05, 4.69) is 194 Å². The van der Waals surface area contributed by atoms with Gasteiger partial charge in [-0.2, -0.15) is 0 Å². The monoisotopic (exact) mass is 668 g/mol. The highest BCUT2D eigenvalue weighted by atomic mass is 15.1. The molecule has 0 saturated heterocycles. The van der Waals surface area contributed by atoms with Crippen LogP contribution in [-0.2, 0) is 5.41 Å². The van der Waals surface area contributed by atoms with Crippen LogP contribution in [-0.4, -0.2) is 4.57 Å². The Kier molecular flexibility index (Phi) is 7.56. The third-order valence-electron chi connectivity index (χ3n) is 10.8. The smallest absolute Gasteiger partial charge is 0.0623 e. The Labute approximate surface area is 305 Å². The summed E-state index contributed by atoms with van der Waals surface area (Å²) in [6, 6.07) is 55.3. The second kappa shape index (κ2) is 12.4. The van der Waals surface area contributed by atoms with Crippen molar-refractivity contribution in [2.45, 2.75) is 26.2 Å². The molecule has 0 saturated carbocycles. The minimum absolute atomic E-state index is 0.135. The maximum Gasteiger partial charge on any atom is 0.0623 e. The van der Waals surface area contributed by atoms with E-state index in [1.54, 1.807) is 0 Å². The fourth-order valence-electron chi connectivity index (χ4n) is 8.60. The molecule has 52 heavy (non-hydrogen) atoms. The number of para-hydroxylation sites is 2. The summed E-state index contributed by atoms with van der Waals surface area (Å²) in [5.41, 5.74) is 14.7. The maximum atomic E-state index is 3.97. The van der Waals surface area contributed by atoms with Gasteiger partial charge in [-0.3, -0.25) is 0 Å². The van der Waals surface area contributed by atoms with Crippen LogP contribution in [0, 0.1) is 0 Å². The first-order valence-electron chi connectivity index (χ1n) is 18.1. The maximum absolute atomic E-state index is 3.97. The van der Waals surface area contributed by atoms with Gasteiger partial charge in [-0.1, -0.05) is 142 Å². The van der Waals surface area contributed by atoms with Gasteiger partial charge in [0.15, 0.2) is 0 Å². The highest BCUT2D eigenvalue weighted by molar-refractivity contribution is 6.25. The molecular weight excluding hydrogens is 629 g/mol. The molecule has 2 nitrogen and oxygen atoms in total. The van der Waals surface area contributed by atoms with Crippen molar-refractivity contribution in [1.82, 2.24) is 4.57 Å². The molecule has 0 bridgehead atoms. The van der Waals surface area contributed by atoms with Crippen molar-refractivity contribution in [3.8, 4) is 27.9 Å². The number of nitrogens with zero attached hydrogens (tertiary/aromatic N) is 2. The predicted molar refractivity (Wildman–Crippen MR) is 223 cm³/mol. The molecule has 0 N–H and O–H groups in total. The van der Waals surface area contributed by atoms with E-state index in [9.17, 15) is 0 Å². The molecule has 9 rings (SSSR count). The summed E-state index contributed by atoms with van der Waals surface area (Å²) in [6.07, 6.45) is 8.07. The van der Waals surface area contributed by atoms with Gasteiger partial charge in [0.2, 0.25) is 0 Å². The molecule has 1 heterocycles. The van der Waals surface area contributed by atoms with Crippen molar-refractivity contribution >= 4 is 44.0 Å². The van der Waals surface area contributed by atoms with Crippen molar-refractivity contribution in [2.75, 3.05) is 4.90 Å². The summed E-state index contributed by atoms with van der Waals surface area (Å²) in [5.74, 6) is 0. The number of anilines is 2. The summed E-state index contributed by atoms with van der Waals surface area (Å²) in [4.78, 5) is 2.26. The van der Waals surface area contributed by atoms with Crippen molar-refractivity contribution in [3.05, 3.63) is 199 Å². The Morgan fingerprint density at radius 2 is 1.23 bits per heavy atom. The van der Waals surface area contributed by atoms with E-state index in [-0.39, 0.29) is 5.41 Å². The van der Waals surface area contributed by atoms with E-state index >= 15 is 0 Å². The van der Waals surface area contributed by atoms with Crippen LogP contribution in [0.3, 0.4) is 0 Å². The summed E-state index contributed by atoms with van der Waals surface area (Å²) < 4.78 is 2.49. The average Bonchev–Trinajstić information content (AvgIpc) is 3.65. The normalized spacial score (nSPS) is 13.6. The number of rotatable bonds is 7. The molecule has 0 fully saturated rings. The standard InChI is InChI=1S/C50H40N2/c1-5-16-36(17-6-2)51(37-18-8-7-9-19-37)38-30-26-34(27-31-38)35-28-32-39(33-29-35)52-45-25-15-13-23-43(45)47-48-46(40-20-10-11-21-41(40)49(47)52)42-22-12-14-24-44(42)50(48,3)4/h5-33H,1H2,2-4H3/b17-6-,36-16+. The Morgan fingerprint density at radius 3 is 1.94 bits per heavy atom. The van der Waals surface area contributed by atoms with Crippen LogP contribution in [0.4, 0.5) is 11.4 Å². The lowest BCUT2D eigenvalue weighted by Gasteiger charge is -2.26. The fourth-order valence-corrected chi connectivity index (χ4v) is 8.60. The van der Waals surface area contributed by atoms with Gasteiger partial charge in [-0.05, 0) is 100 Å². The van der Waals surface area contributed by atoms with Crippen LogP contribution in [0.1, 0.15) is 31.9 Å². The highest BCUT2D eigenvalue weighted by Gasteiger charge is 2.39. The van der Waals surface area contributed by atoms with Crippen molar-refractivity contribution in [2.24, 2.45) is 0 Å². The first-order chi connectivity index (χ1) is 25.5. The van der Waals surface area contributed by atoms with Crippen LogP contribution in [0.15, 0.2) is 188 Å². The largest absolute Gasteiger partial charge is 0.311 e. The van der Waals surface area contributed by atoms with E-state index < -0.39 is 0 Å². The third-order valence-corrected chi connectivity index (χ3v) is 10.8. The SMILES string of the molecule is C=C/C=C(\C=C/C)N(c1ccccc1)c1ccc(-c2ccc(-n3c4ccccc4c4c5c(c6ccccc6c43)-c3ccccc3C5(C)C)cc2)cc1. The lowest BCUT2D eigenvalue weighted by Crippen LogP contribution is -2.15. The molecule has 0 spiro atoms. The van der Waals surface area contributed by atoms with Gasteiger partial charge in [-0.15, -0.1) is 0 Å². The molecule has 0 amide bonds. The molecule has 1 aromatic heterocycles. The molecule has 0 aliphatic heterocycles. The molecule has 2 heteroatoms. The van der Waals surface area contributed by atoms with Gasteiger partial charge >= 0.3 is 0 Å². The summed E-state index contributed by atoms with van der Waals surface area (Å²) in [6.45, 7) is 10.8. The van der Waals surface area contributed by atoms with Crippen LogP contribution in [0.25, 0.3) is 60.5 Å². The zero-order valence-electron chi connectivity index (χ0n) is 29.8. The van der Waals surface area contributed by atoms with Crippen molar-refractivity contribution < 1.29 is 0 Å². The second-order valence-electron chi connectivity index (χ2n) is 14.1. The van der Waals surface area contributed by atoms with Crippen molar-refractivity contribution in [1.29, 1.82) is 0 Å². The highest BCUT2D eigenvalue weighted by Crippen LogP contribution is 2.56. The Hall–Kier alpha value is -6.38. The fraction of sp³-hybridized carbons (Fsp3) is 0.0800. The van der Waals surface area contributed by atoms with Gasteiger partial charge in [-0.25, -0.2) is 0 Å². The summed E-state index contributed by atoms with van der Waals surface area (Å²) >= 11 is 0. The van der Waals surface area contributed by atoms with Crippen molar-refractivity contribution in [3.63, 3.8) is 0 Å². The average molecular weight is 669 g/mol. The number of benzene rings is 7. The first kappa shape index (κ1) is 31.6. The first-order valence-corrected chi connectivity index (χ1v) is 18.1. The topological polar surface area (TPSA) is 8.17 Å². The zero-order chi connectivity index (χ0) is 35.4. The molecular formula is C50H40N2. The Morgan fingerprint density at radius 1 is 0.635 bits per heavy atom. The van der Waals surface area contributed by atoms with Crippen LogP contribution < -0.4 is 4.90 Å². The number of allylic oxidation sites excluding steroid dienone is 4. The lowest BCUT2D eigenvalue weighted by atomic mass is 9.79. The zero-order valence-corrected chi connectivity index (χ0v) is 29.8. The van der Waals surface area contributed by atoms with Gasteiger partial charge in [0, 0.05) is 44.3 Å². The molecule has 0 radical (unpaired) electrons. The summed E-state index contributed by atoms with van der Waals surface area (Å²) in [5, 5.41) is 5.25. The Balaban J connectivity index is 1.18. The van der Waals surface area contributed by atoms with E-state index in [0.29, 0.717) is 0 Å². The minimum Gasteiger partial charge on any atom is -0.311 e. The third kappa shape index (κ3) is 4.79. The predicted octanol–water partition coefficient (Wildman–Crippen LogP) is 13.7. The quantitative estimate of drug-likeness (QED) is 0.153. The number of aromatic nitrogens is 1. The lowest BCUT2D eigenvalue weighted by molar-refractivity contribution is 0.667. The Bertz CT molecular complexity index is 2700. The molecule has 8 aromatic rings. The number of fused-ring (bicyclic) bond motifs is 10. The number of hydrogen-bond donors (Lipinski definition) is 0. The van der Waals surface area contributed by atoms with E-state index in [1.165, 1.54) is 66.0 Å². The van der Waals surface area contributed by atoms with Crippen LogP contribution in [0.5, 0.6) is 0 Å². The van der Waals surface area contributed by atoms with Gasteiger partial charge in [0.25, 0.3) is 0 Å². The minimum atomic E-state index is -0.135. The second-order valence-corrected chi connectivity index (χ2v) is 14.1. The van der Waals surface area contributed by atoms with Crippen LogP contribution in [0.2, 0.25) is 0 Å². The molecule has 0 atom stereocenters. The van der Waals surface area contributed by atoms with Gasteiger partial charge in [0.1, 0.15) is 0 Å². The van der Waals surface area contributed by atoms with Gasteiger partial charge < -0.3 is 9.47 Å². The summed E-state index contributed by atoms with van der Waals surface area (Å²) in [7, 11) is 0. The van der Waals surface area contributed by atoms with E-state index in [0.717, 1.165) is 22.8 Å². The molecule has 7 aromatic carbocycles. The number of hydrogen-bond acceptors (Lipinski definition) is 1. The van der Waals surface area contributed by atoms with E-state index in [4.69, 9.17) is 0 Å². The molecule has 250 valence electrons. The molecule has 0 unspecified atom stereocenters. The van der Waals surface area contributed by atoms with Gasteiger partial charge in [0.05, 0.1) is 11.0 Å².